The number of pyridine rings is 1. The van der Waals surface area contributed by atoms with E-state index in [-0.39, 0.29) is 29.4 Å². The Labute approximate surface area is 217 Å². The van der Waals surface area contributed by atoms with E-state index in [2.05, 4.69) is 16.9 Å². The predicted octanol–water partition coefficient (Wildman–Crippen LogP) is 5.76. The Hall–Kier alpha value is -3.11. The number of aromatic nitrogens is 1. The smallest absolute Gasteiger partial charge is 0.253 e. The summed E-state index contributed by atoms with van der Waals surface area (Å²) in [6, 6.07) is 8.06. The zero-order chi connectivity index (χ0) is 26.3. The summed E-state index contributed by atoms with van der Waals surface area (Å²) in [4.78, 5) is 19.3. The Morgan fingerprint density at radius 3 is 2.50 bits per heavy atom. The van der Waals surface area contributed by atoms with E-state index in [1.807, 2.05) is 44.7 Å². The van der Waals surface area contributed by atoms with Crippen molar-refractivity contribution in [3.63, 3.8) is 0 Å². The van der Waals surface area contributed by atoms with Gasteiger partial charge in [0.15, 0.2) is 11.6 Å². The molecule has 6 nitrogen and oxygen atoms in total. The van der Waals surface area contributed by atoms with Gasteiger partial charge in [0.25, 0.3) is 5.91 Å². The van der Waals surface area contributed by atoms with Crippen LogP contribution in [0.4, 0.5) is 10.2 Å². The molecule has 36 heavy (non-hydrogen) atoms. The van der Waals surface area contributed by atoms with Gasteiger partial charge in [-0.05, 0) is 37.0 Å². The largest absolute Gasteiger partial charge is 0.489 e. The molecule has 1 aromatic heterocycles. The molecule has 8 heteroatoms. The minimum absolute atomic E-state index is 0.187. The lowest BCUT2D eigenvalue weighted by Crippen LogP contribution is -2.74. The van der Waals surface area contributed by atoms with Gasteiger partial charge in [-0.1, -0.05) is 45.4 Å². The summed E-state index contributed by atoms with van der Waals surface area (Å²) in [6.07, 6.45) is 4.99. The van der Waals surface area contributed by atoms with E-state index in [4.69, 9.17) is 21.6 Å². The third-order valence-electron chi connectivity index (χ3n) is 7.69. The fraction of sp³-hybridized carbons (Fsp3) is 0.464. The van der Waals surface area contributed by atoms with E-state index in [1.165, 1.54) is 12.3 Å². The van der Waals surface area contributed by atoms with Crippen molar-refractivity contribution in [1.29, 1.82) is 5.26 Å². The molecule has 1 aliphatic heterocycles. The van der Waals surface area contributed by atoms with Crippen molar-refractivity contribution in [3.05, 3.63) is 65.1 Å². The second-order valence-electron chi connectivity index (χ2n) is 10.9. The number of nitriles is 1. The summed E-state index contributed by atoms with van der Waals surface area (Å²) in [7, 11) is 0. The zero-order valence-corrected chi connectivity index (χ0v) is 21.9. The lowest BCUT2D eigenvalue weighted by Gasteiger charge is -2.63. The Kier molecular flexibility index (Phi) is 7.03. The molecule has 1 aliphatic carbocycles. The van der Waals surface area contributed by atoms with Crippen molar-refractivity contribution in [2.75, 3.05) is 18.0 Å². The highest BCUT2D eigenvalue weighted by molar-refractivity contribution is 6.31. The van der Waals surface area contributed by atoms with Crippen LogP contribution in [0.25, 0.3) is 0 Å². The molecule has 2 fully saturated rings. The number of carbonyl (C=O) groups excluding carboxylic acids is 1. The Morgan fingerprint density at radius 1 is 1.28 bits per heavy atom. The standard InChI is InChI=1S/C28H32ClFN4O2/c1-6-17-9-11-34(12-10-17)23-22(30)13-19(16-32-23)24(35)33-25-27(2,3)26(28(25,4)5)36-20-8-7-18(15-31)21(29)14-20/h6-8,13-14,16-17,25-26H,1,9-12H2,2-5H3,(H,33,35). The lowest BCUT2D eigenvalue weighted by atomic mass is 9.49. The maximum absolute atomic E-state index is 14.9. The lowest BCUT2D eigenvalue weighted by molar-refractivity contribution is -0.164. The molecule has 0 radical (unpaired) electrons. The highest BCUT2D eigenvalue weighted by Gasteiger charge is 2.64. The third kappa shape index (κ3) is 4.67. The van der Waals surface area contributed by atoms with Crippen LogP contribution < -0.4 is 15.0 Å². The van der Waals surface area contributed by atoms with Crippen LogP contribution in [0.1, 0.15) is 56.5 Å². The molecule has 1 saturated carbocycles. The summed E-state index contributed by atoms with van der Waals surface area (Å²) in [5.74, 6) is 0.433. The number of amides is 1. The van der Waals surface area contributed by atoms with Crippen molar-refractivity contribution < 1.29 is 13.9 Å². The summed E-state index contributed by atoms with van der Waals surface area (Å²) >= 11 is 6.17. The number of rotatable bonds is 6. The van der Waals surface area contributed by atoms with Gasteiger partial charge in [-0.2, -0.15) is 5.26 Å². The van der Waals surface area contributed by atoms with E-state index in [0.29, 0.717) is 35.3 Å². The summed E-state index contributed by atoms with van der Waals surface area (Å²) in [6.45, 7) is 13.4. The molecule has 0 unspecified atom stereocenters. The van der Waals surface area contributed by atoms with Crippen LogP contribution >= 0.6 is 11.6 Å². The topological polar surface area (TPSA) is 78.2 Å². The number of nitrogens with one attached hydrogen (secondary N) is 1. The van der Waals surface area contributed by atoms with Gasteiger partial charge >= 0.3 is 0 Å². The Balaban J connectivity index is 1.44. The first-order valence-corrected chi connectivity index (χ1v) is 12.6. The average Bonchev–Trinajstić information content (AvgIpc) is 2.85. The molecule has 4 rings (SSSR count). The number of halogens is 2. The third-order valence-corrected chi connectivity index (χ3v) is 8.00. The zero-order valence-electron chi connectivity index (χ0n) is 21.1. The van der Waals surface area contributed by atoms with Gasteiger partial charge in [-0.3, -0.25) is 4.79 Å². The highest BCUT2D eigenvalue weighted by atomic mass is 35.5. The summed E-state index contributed by atoms with van der Waals surface area (Å²) in [5.41, 5.74) is -0.261. The number of benzene rings is 1. The molecule has 190 valence electrons. The number of carbonyl (C=O) groups is 1. The molecule has 2 aliphatic rings. The first-order chi connectivity index (χ1) is 17.0. The number of allylic oxidation sites excluding steroid dienone is 1. The predicted molar refractivity (Wildman–Crippen MR) is 139 cm³/mol. The molecule has 1 saturated heterocycles. The van der Waals surface area contributed by atoms with Crippen LogP contribution in [0.5, 0.6) is 5.75 Å². The molecular formula is C28H32ClFN4O2. The van der Waals surface area contributed by atoms with E-state index < -0.39 is 16.6 Å². The van der Waals surface area contributed by atoms with Gasteiger partial charge in [-0.25, -0.2) is 9.37 Å². The van der Waals surface area contributed by atoms with Gasteiger partial charge in [0.1, 0.15) is 17.9 Å². The number of nitrogens with zero attached hydrogens (tertiary/aromatic N) is 3. The van der Waals surface area contributed by atoms with Crippen molar-refractivity contribution in [1.82, 2.24) is 10.3 Å². The van der Waals surface area contributed by atoms with Crippen LogP contribution in [0, 0.1) is 33.9 Å². The minimum Gasteiger partial charge on any atom is -0.489 e. The number of hydrogen-bond acceptors (Lipinski definition) is 5. The second-order valence-corrected chi connectivity index (χ2v) is 11.3. The molecular weight excluding hydrogens is 479 g/mol. The fourth-order valence-corrected chi connectivity index (χ4v) is 6.16. The van der Waals surface area contributed by atoms with Crippen LogP contribution in [0.3, 0.4) is 0 Å². The summed E-state index contributed by atoms with van der Waals surface area (Å²) < 4.78 is 21.2. The first-order valence-electron chi connectivity index (χ1n) is 12.2. The van der Waals surface area contributed by atoms with Gasteiger partial charge in [-0.15, -0.1) is 6.58 Å². The second kappa shape index (κ2) is 9.74. The normalized spacial score (nSPS) is 22.8. The number of piperidine rings is 1. The van der Waals surface area contributed by atoms with Crippen molar-refractivity contribution >= 4 is 23.3 Å². The maximum atomic E-state index is 14.9. The number of hydrogen-bond donors (Lipinski definition) is 1. The molecule has 1 aromatic carbocycles. The number of anilines is 1. The van der Waals surface area contributed by atoms with Crippen molar-refractivity contribution in [2.45, 2.75) is 52.7 Å². The molecule has 0 bridgehead atoms. The molecule has 2 aromatic rings. The Bertz CT molecular complexity index is 1200. The van der Waals surface area contributed by atoms with Gasteiger partial charge in [0, 0.05) is 42.2 Å². The monoisotopic (exact) mass is 510 g/mol. The SMILES string of the molecule is C=CC1CCN(c2ncc(C(=O)NC3C(C)(C)C(Oc4ccc(C#N)c(Cl)c4)C3(C)C)cc2F)CC1. The van der Waals surface area contributed by atoms with Crippen molar-refractivity contribution in [3.8, 4) is 11.8 Å². The van der Waals surface area contributed by atoms with E-state index in [1.54, 1.807) is 18.2 Å². The fourth-order valence-electron chi connectivity index (χ4n) is 5.94. The highest BCUT2D eigenvalue weighted by Crippen LogP contribution is 2.55. The average molecular weight is 511 g/mol. The number of ether oxygens (including phenoxy) is 1. The van der Waals surface area contributed by atoms with Crippen LogP contribution in [0.2, 0.25) is 5.02 Å². The summed E-state index contributed by atoms with van der Waals surface area (Å²) in [5, 5.41) is 12.5. The molecule has 2 heterocycles. The maximum Gasteiger partial charge on any atom is 0.253 e. The molecule has 1 amide bonds. The van der Waals surface area contributed by atoms with Crippen LogP contribution in [-0.2, 0) is 0 Å². The quantitative estimate of drug-likeness (QED) is 0.500. The first kappa shape index (κ1) is 26.0. The van der Waals surface area contributed by atoms with E-state index in [0.717, 1.165) is 12.8 Å². The van der Waals surface area contributed by atoms with Gasteiger partial charge in [0.2, 0.25) is 0 Å². The van der Waals surface area contributed by atoms with Crippen molar-refractivity contribution in [2.24, 2.45) is 16.7 Å². The van der Waals surface area contributed by atoms with E-state index in [9.17, 15) is 9.18 Å². The molecule has 1 N–H and O–H groups in total. The van der Waals surface area contributed by atoms with E-state index >= 15 is 0 Å². The van der Waals surface area contributed by atoms with Gasteiger partial charge < -0.3 is 15.0 Å². The Morgan fingerprint density at radius 2 is 1.94 bits per heavy atom. The van der Waals surface area contributed by atoms with Crippen LogP contribution in [0.15, 0.2) is 43.1 Å². The van der Waals surface area contributed by atoms with Gasteiger partial charge in [0.05, 0.1) is 16.1 Å². The minimum atomic E-state index is -0.495. The molecule has 0 spiro atoms. The van der Waals surface area contributed by atoms with Crippen LogP contribution in [-0.4, -0.2) is 36.1 Å². The molecule has 0 atom stereocenters.